The van der Waals surface area contributed by atoms with Crippen LogP contribution < -0.4 is 5.32 Å². The van der Waals surface area contributed by atoms with Crippen molar-refractivity contribution in [2.75, 3.05) is 25.0 Å². The molecule has 0 unspecified atom stereocenters. The average Bonchev–Trinajstić information content (AvgIpc) is 3.42. The Morgan fingerprint density at radius 3 is 2.88 bits per heavy atom. The van der Waals surface area contributed by atoms with Gasteiger partial charge in [0.2, 0.25) is 17.6 Å². The molecule has 8 nitrogen and oxygen atoms in total. The van der Waals surface area contributed by atoms with Gasteiger partial charge in [0.05, 0.1) is 5.56 Å². The number of thiophene rings is 1. The molecule has 1 fully saturated rings. The van der Waals surface area contributed by atoms with Gasteiger partial charge in [0.25, 0.3) is 0 Å². The summed E-state index contributed by atoms with van der Waals surface area (Å²) in [6.45, 7) is 2.47. The van der Waals surface area contributed by atoms with Crippen molar-refractivity contribution in [2.24, 2.45) is 0 Å². The Morgan fingerprint density at radius 1 is 1.24 bits per heavy atom. The van der Waals surface area contributed by atoms with E-state index >= 15 is 0 Å². The Bertz CT molecular complexity index is 1170. The maximum absolute atomic E-state index is 12.6. The number of pyridine rings is 1. The van der Waals surface area contributed by atoms with E-state index in [1.165, 1.54) is 11.3 Å². The molecule has 0 spiro atoms. The van der Waals surface area contributed by atoms with Crippen LogP contribution in [0, 0.1) is 11.3 Å². The number of piperidine rings is 1. The third-order valence-electron chi connectivity index (χ3n) is 6.71. The van der Waals surface area contributed by atoms with Crippen LogP contribution in [0.3, 0.4) is 0 Å². The first-order valence-electron chi connectivity index (χ1n) is 12.0. The van der Waals surface area contributed by atoms with Gasteiger partial charge in [-0.1, -0.05) is 17.6 Å². The molecule has 0 radical (unpaired) electrons. The Kier molecular flexibility index (Phi) is 6.97. The predicted molar refractivity (Wildman–Crippen MR) is 129 cm³/mol. The smallest absolute Gasteiger partial charge is 0.230 e. The summed E-state index contributed by atoms with van der Waals surface area (Å²) in [4.78, 5) is 25.1. The fraction of sp³-hybridized carbons (Fsp3) is 0.480. The highest BCUT2D eigenvalue weighted by atomic mass is 32.1. The number of aromatic nitrogens is 3. The number of rotatable bonds is 6. The molecule has 5 rings (SSSR count). The van der Waals surface area contributed by atoms with Gasteiger partial charge in [-0.05, 0) is 69.3 Å². The van der Waals surface area contributed by atoms with Crippen LogP contribution in [0.1, 0.15) is 66.3 Å². The fourth-order valence-corrected chi connectivity index (χ4v) is 6.06. The number of carbonyl (C=O) groups excluding carboxylic acids is 1. The largest absolute Gasteiger partial charge is 0.339 e. The second-order valence-electron chi connectivity index (χ2n) is 8.97. The van der Waals surface area contributed by atoms with E-state index < -0.39 is 0 Å². The van der Waals surface area contributed by atoms with Gasteiger partial charge >= 0.3 is 0 Å². The molecule has 4 heterocycles. The first kappa shape index (κ1) is 22.7. The van der Waals surface area contributed by atoms with Gasteiger partial charge in [-0.25, -0.2) is 0 Å². The zero-order valence-corrected chi connectivity index (χ0v) is 19.9. The van der Waals surface area contributed by atoms with Gasteiger partial charge < -0.3 is 14.7 Å². The second kappa shape index (κ2) is 10.5. The van der Waals surface area contributed by atoms with Crippen molar-refractivity contribution in [3.05, 3.63) is 46.3 Å². The molecule has 1 amide bonds. The molecule has 0 aromatic carbocycles. The first-order valence-corrected chi connectivity index (χ1v) is 12.8. The van der Waals surface area contributed by atoms with E-state index in [0.29, 0.717) is 35.9 Å². The van der Waals surface area contributed by atoms with E-state index in [1.54, 1.807) is 17.5 Å². The standard InChI is InChI=1S/C25H28N6O2S/c26-16-19-18-6-2-1-3-8-21(18)34-25(19)28-22(32)11-15-31-13-9-17(10-14-31)24-29-23(30-33-24)20-7-4-5-12-27-20/h4-5,7,12,17H,1-3,6,8-11,13-15H2,(H,28,32). The number of hydrogen-bond donors (Lipinski definition) is 1. The normalized spacial score (nSPS) is 17.0. The Hall–Kier alpha value is -3.09. The van der Waals surface area contributed by atoms with Gasteiger partial charge in [-0.2, -0.15) is 10.2 Å². The summed E-state index contributed by atoms with van der Waals surface area (Å²) < 4.78 is 5.51. The number of anilines is 1. The van der Waals surface area contributed by atoms with Crippen molar-refractivity contribution in [3.63, 3.8) is 0 Å². The van der Waals surface area contributed by atoms with E-state index in [0.717, 1.165) is 62.2 Å². The Balaban J connectivity index is 1.11. The first-order chi connectivity index (χ1) is 16.7. The molecule has 0 saturated carbocycles. The number of nitrogens with zero attached hydrogens (tertiary/aromatic N) is 5. The molecule has 3 aromatic heterocycles. The number of fused-ring (bicyclic) bond motifs is 1. The van der Waals surface area contributed by atoms with E-state index in [9.17, 15) is 10.1 Å². The number of nitriles is 1. The molecule has 1 N–H and O–H groups in total. The van der Waals surface area contributed by atoms with E-state index in [4.69, 9.17) is 4.52 Å². The molecular formula is C25H28N6O2S. The number of nitrogens with one attached hydrogen (secondary N) is 1. The lowest BCUT2D eigenvalue weighted by Gasteiger charge is -2.29. The van der Waals surface area contributed by atoms with Crippen LogP contribution in [-0.2, 0) is 17.6 Å². The van der Waals surface area contributed by atoms with Crippen molar-refractivity contribution in [1.82, 2.24) is 20.0 Å². The zero-order valence-electron chi connectivity index (χ0n) is 19.1. The van der Waals surface area contributed by atoms with Crippen LogP contribution in [-0.4, -0.2) is 45.6 Å². The highest BCUT2D eigenvalue weighted by Gasteiger charge is 2.26. The molecule has 34 heavy (non-hydrogen) atoms. The third-order valence-corrected chi connectivity index (χ3v) is 7.92. The Labute approximate surface area is 203 Å². The van der Waals surface area contributed by atoms with E-state index in [2.05, 4.69) is 31.4 Å². The van der Waals surface area contributed by atoms with Crippen molar-refractivity contribution >= 4 is 22.2 Å². The monoisotopic (exact) mass is 476 g/mol. The molecule has 3 aromatic rings. The lowest BCUT2D eigenvalue weighted by molar-refractivity contribution is -0.116. The summed E-state index contributed by atoms with van der Waals surface area (Å²) in [6.07, 6.45) is 9.43. The fourth-order valence-electron chi connectivity index (χ4n) is 4.80. The van der Waals surface area contributed by atoms with Crippen molar-refractivity contribution in [2.45, 2.75) is 57.3 Å². The van der Waals surface area contributed by atoms with Crippen LogP contribution in [0.5, 0.6) is 0 Å². The number of amides is 1. The van der Waals surface area contributed by atoms with Crippen LogP contribution in [0.4, 0.5) is 5.00 Å². The number of carbonyl (C=O) groups is 1. The SMILES string of the molecule is N#Cc1c(NC(=O)CCN2CCC(c3nc(-c4ccccn4)no3)CC2)sc2c1CCCCC2. The number of hydrogen-bond acceptors (Lipinski definition) is 8. The van der Waals surface area contributed by atoms with Crippen LogP contribution >= 0.6 is 11.3 Å². The molecule has 176 valence electrons. The minimum atomic E-state index is -0.0214. The summed E-state index contributed by atoms with van der Waals surface area (Å²) in [6, 6.07) is 7.97. The van der Waals surface area contributed by atoms with Crippen molar-refractivity contribution < 1.29 is 9.32 Å². The summed E-state index contributed by atoms with van der Waals surface area (Å²) in [5.41, 5.74) is 2.55. The molecular weight excluding hydrogens is 448 g/mol. The molecule has 1 saturated heterocycles. The lowest BCUT2D eigenvalue weighted by atomic mass is 9.96. The molecule has 0 bridgehead atoms. The van der Waals surface area contributed by atoms with Gasteiger partial charge in [-0.3, -0.25) is 9.78 Å². The molecule has 1 aliphatic heterocycles. The summed E-state index contributed by atoms with van der Waals surface area (Å²) in [5.74, 6) is 1.40. The summed E-state index contributed by atoms with van der Waals surface area (Å²) >= 11 is 1.59. The maximum Gasteiger partial charge on any atom is 0.230 e. The highest BCUT2D eigenvalue weighted by Crippen LogP contribution is 2.37. The average molecular weight is 477 g/mol. The molecule has 9 heteroatoms. The van der Waals surface area contributed by atoms with Gasteiger partial charge in [0, 0.05) is 30.0 Å². The van der Waals surface area contributed by atoms with E-state index in [1.807, 2.05) is 18.2 Å². The van der Waals surface area contributed by atoms with E-state index in [-0.39, 0.29) is 11.8 Å². The summed E-state index contributed by atoms with van der Waals surface area (Å²) in [5, 5.41) is 17.5. The van der Waals surface area contributed by atoms with Crippen molar-refractivity contribution in [1.29, 1.82) is 5.26 Å². The number of aryl methyl sites for hydroxylation is 1. The van der Waals surface area contributed by atoms with Crippen LogP contribution in [0.25, 0.3) is 11.5 Å². The van der Waals surface area contributed by atoms with Crippen molar-refractivity contribution in [3.8, 4) is 17.6 Å². The highest BCUT2D eigenvalue weighted by molar-refractivity contribution is 7.16. The molecule has 2 aliphatic rings. The summed E-state index contributed by atoms with van der Waals surface area (Å²) in [7, 11) is 0. The zero-order chi connectivity index (χ0) is 23.3. The van der Waals surface area contributed by atoms with Crippen LogP contribution in [0.15, 0.2) is 28.9 Å². The topological polar surface area (TPSA) is 108 Å². The van der Waals surface area contributed by atoms with Gasteiger partial charge in [0.15, 0.2) is 0 Å². The third kappa shape index (κ3) is 5.03. The predicted octanol–water partition coefficient (Wildman–Crippen LogP) is 4.54. The second-order valence-corrected chi connectivity index (χ2v) is 10.1. The quantitative estimate of drug-likeness (QED) is 0.520. The van der Waals surface area contributed by atoms with Gasteiger partial charge in [-0.15, -0.1) is 11.3 Å². The number of likely N-dealkylation sites (tertiary alicyclic amines) is 1. The lowest BCUT2D eigenvalue weighted by Crippen LogP contribution is -2.35. The molecule has 0 atom stereocenters. The van der Waals surface area contributed by atoms with Gasteiger partial charge in [0.1, 0.15) is 16.8 Å². The maximum atomic E-state index is 12.6. The minimum absolute atomic E-state index is 0.0214. The Morgan fingerprint density at radius 2 is 2.09 bits per heavy atom. The molecule has 1 aliphatic carbocycles. The minimum Gasteiger partial charge on any atom is -0.339 e. The van der Waals surface area contributed by atoms with Crippen LogP contribution in [0.2, 0.25) is 0 Å².